The van der Waals surface area contributed by atoms with E-state index in [1.54, 1.807) is 0 Å². The van der Waals surface area contributed by atoms with Crippen molar-refractivity contribution >= 4 is 11.9 Å². The second-order valence-corrected chi connectivity index (χ2v) is 6.89. The lowest BCUT2D eigenvalue weighted by Crippen LogP contribution is -3.18. The molecule has 0 bridgehead atoms. The van der Waals surface area contributed by atoms with Crippen molar-refractivity contribution in [1.82, 2.24) is 10.6 Å². The number of carbonyl (C=O) groups excluding carboxylic acids is 2. The minimum absolute atomic E-state index is 0.202. The molecule has 3 atom stereocenters. The first-order valence-corrected chi connectivity index (χ1v) is 8.43. The van der Waals surface area contributed by atoms with Gasteiger partial charge >= 0.3 is 6.03 Å². The summed E-state index contributed by atoms with van der Waals surface area (Å²) in [6.45, 7) is 8.76. The lowest BCUT2D eigenvalue weighted by atomic mass is 9.91. The number of quaternary nitrogens is 1. The monoisotopic (exact) mass is 318 g/mol. The highest BCUT2D eigenvalue weighted by molar-refractivity contribution is 5.96. The number of benzene rings is 1. The predicted molar refractivity (Wildman–Crippen MR) is 89.9 cm³/mol. The third-order valence-corrected chi connectivity index (χ3v) is 4.56. The van der Waals surface area contributed by atoms with Gasteiger partial charge in [-0.2, -0.15) is 0 Å². The topological polar surface area (TPSA) is 62.6 Å². The summed E-state index contributed by atoms with van der Waals surface area (Å²) < 4.78 is 0. The minimum atomic E-state index is -0.428. The molecular weight excluding hydrogens is 290 g/mol. The van der Waals surface area contributed by atoms with Crippen molar-refractivity contribution in [3.05, 3.63) is 35.9 Å². The molecule has 3 amide bonds. The minimum Gasteiger partial charge on any atom is -0.334 e. The molecule has 0 unspecified atom stereocenters. The maximum Gasteiger partial charge on any atom is 0.321 e. The van der Waals surface area contributed by atoms with Gasteiger partial charge in [-0.15, -0.1) is 0 Å². The molecule has 5 nitrogen and oxygen atoms in total. The summed E-state index contributed by atoms with van der Waals surface area (Å²) in [6, 6.07) is 9.01. The van der Waals surface area contributed by atoms with Crippen molar-refractivity contribution in [3.8, 4) is 0 Å². The number of likely N-dealkylation sites (tertiary alicyclic amines) is 1. The molecule has 1 aliphatic heterocycles. The largest absolute Gasteiger partial charge is 0.334 e. The van der Waals surface area contributed by atoms with Gasteiger partial charge in [0, 0.05) is 18.4 Å². The van der Waals surface area contributed by atoms with Crippen molar-refractivity contribution in [2.24, 2.45) is 11.8 Å². The summed E-state index contributed by atoms with van der Waals surface area (Å²) >= 11 is 0. The van der Waals surface area contributed by atoms with Gasteiger partial charge in [0.1, 0.15) is 0 Å². The van der Waals surface area contributed by atoms with Crippen LogP contribution in [-0.4, -0.2) is 31.1 Å². The van der Waals surface area contributed by atoms with E-state index in [4.69, 9.17) is 0 Å². The molecule has 1 aromatic rings. The van der Waals surface area contributed by atoms with Gasteiger partial charge in [0.05, 0.1) is 13.1 Å². The molecule has 1 heterocycles. The number of carbonyl (C=O) groups is 2. The number of nitrogens with one attached hydrogen (secondary N) is 3. The summed E-state index contributed by atoms with van der Waals surface area (Å²) in [6.07, 6.45) is 1.22. The van der Waals surface area contributed by atoms with E-state index in [0.29, 0.717) is 18.4 Å². The van der Waals surface area contributed by atoms with Crippen LogP contribution in [0.25, 0.3) is 0 Å². The van der Waals surface area contributed by atoms with Gasteiger partial charge in [0.25, 0.3) is 5.91 Å². The molecule has 1 aromatic carbocycles. The van der Waals surface area contributed by atoms with E-state index in [0.717, 1.165) is 18.7 Å². The Kier molecular flexibility index (Phi) is 6.16. The van der Waals surface area contributed by atoms with Crippen LogP contribution in [0.4, 0.5) is 4.79 Å². The van der Waals surface area contributed by atoms with Crippen LogP contribution in [0.3, 0.4) is 0 Å². The zero-order valence-electron chi connectivity index (χ0n) is 14.3. The summed E-state index contributed by atoms with van der Waals surface area (Å²) in [5.74, 6) is 1.04. The molecule has 1 fully saturated rings. The Labute approximate surface area is 138 Å². The van der Waals surface area contributed by atoms with E-state index in [1.807, 2.05) is 37.3 Å². The summed E-state index contributed by atoms with van der Waals surface area (Å²) in [5.41, 5.74) is 1.01. The highest BCUT2D eigenvalue weighted by Crippen LogP contribution is 2.12. The Morgan fingerprint density at radius 1 is 1.17 bits per heavy atom. The number of imide groups is 1. The summed E-state index contributed by atoms with van der Waals surface area (Å²) in [4.78, 5) is 25.4. The highest BCUT2D eigenvalue weighted by Gasteiger charge is 2.32. The normalized spacial score (nSPS) is 25.4. The standard InChI is InChI=1S/C18H27N3O2/c1-13-9-14(2)12-21(11-13)15(3)17(22)20-18(23)19-10-16-7-5-4-6-8-16/h4-8,13-15H,9-12H2,1-3H3,(H2,19,20,22,23)/p+1/t13-,14-,15+/m1/s1. The Bertz CT molecular complexity index is 522. The van der Waals surface area contributed by atoms with Crippen molar-refractivity contribution in [2.45, 2.75) is 39.8 Å². The third kappa shape index (κ3) is 5.36. The van der Waals surface area contributed by atoms with Gasteiger partial charge in [-0.25, -0.2) is 4.79 Å². The van der Waals surface area contributed by atoms with E-state index < -0.39 is 6.03 Å². The second-order valence-electron chi connectivity index (χ2n) is 6.89. The predicted octanol–water partition coefficient (Wildman–Crippen LogP) is 0.962. The summed E-state index contributed by atoms with van der Waals surface area (Å²) in [5, 5.41) is 5.19. The maximum absolute atomic E-state index is 12.3. The number of hydrogen-bond donors (Lipinski definition) is 3. The molecule has 0 aromatic heterocycles. The molecule has 0 saturated carbocycles. The molecule has 0 spiro atoms. The number of amides is 3. The van der Waals surface area contributed by atoms with Gasteiger partial charge in [-0.1, -0.05) is 44.2 Å². The van der Waals surface area contributed by atoms with E-state index >= 15 is 0 Å². The number of urea groups is 1. The fourth-order valence-electron chi connectivity index (χ4n) is 3.41. The first-order chi connectivity index (χ1) is 11.0. The Balaban J connectivity index is 1.79. The van der Waals surface area contributed by atoms with E-state index in [9.17, 15) is 9.59 Å². The Hall–Kier alpha value is -1.88. The van der Waals surface area contributed by atoms with Crippen LogP contribution in [-0.2, 0) is 11.3 Å². The lowest BCUT2D eigenvalue weighted by molar-refractivity contribution is -0.925. The van der Waals surface area contributed by atoms with Crippen LogP contribution < -0.4 is 15.5 Å². The van der Waals surface area contributed by atoms with Gasteiger partial charge in [-0.05, 0) is 18.9 Å². The number of hydrogen-bond acceptors (Lipinski definition) is 2. The van der Waals surface area contributed by atoms with Crippen molar-refractivity contribution in [3.63, 3.8) is 0 Å². The first kappa shape index (κ1) is 17.5. The van der Waals surface area contributed by atoms with Crippen LogP contribution in [0.5, 0.6) is 0 Å². The molecule has 126 valence electrons. The highest BCUT2D eigenvalue weighted by atomic mass is 16.2. The van der Waals surface area contributed by atoms with Crippen LogP contribution in [0.1, 0.15) is 32.8 Å². The zero-order valence-corrected chi connectivity index (χ0v) is 14.3. The average molecular weight is 318 g/mol. The quantitative estimate of drug-likeness (QED) is 0.774. The van der Waals surface area contributed by atoms with Crippen molar-refractivity contribution in [1.29, 1.82) is 0 Å². The zero-order chi connectivity index (χ0) is 16.8. The van der Waals surface area contributed by atoms with E-state index in [1.165, 1.54) is 11.3 Å². The number of rotatable bonds is 4. The SMILES string of the molecule is C[C@@H]1C[C@@H](C)C[NH+]([C@@H](C)C(=O)NC(=O)NCc2ccccc2)C1. The average Bonchev–Trinajstić information content (AvgIpc) is 2.52. The van der Waals surface area contributed by atoms with E-state index in [2.05, 4.69) is 24.5 Å². The molecule has 1 aliphatic rings. The van der Waals surface area contributed by atoms with Gasteiger partial charge < -0.3 is 10.2 Å². The van der Waals surface area contributed by atoms with Gasteiger partial charge in [0.15, 0.2) is 6.04 Å². The molecule has 5 heteroatoms. The van der Waals surface area contributed by atoms with Crippen LogP contribution >= 0.6 is 0 Å². The smallest absolute Gasteiger partial charge is 0.321 e. The van der Waals surface area contributed by atoms with E-state index in [-0.39, 0.29) is 11.9 Å². The maximum atomic E-state index is 12.3. The first-order valence-electron chi connectivity index (χ1n) is 8.43. The van der Waals surface area contributed by atoms with Gasteiger partial charge in [0.2, 0.25) is 0 Å². The third-order valence-electron chi connectivity index (χ3n) is 4.56. The van der Waals surface area contributed by atoms with Crippen molar-refractivity contribution < 1.29 is 14.5 Å². The van der Waals surface area contributed by atoms with Crippen LogP contribution in [0.2, 0.25) is 0 Å². The Morgan fingerprint density at radius 2 is 1.78 bits per heavy atom. The Morgan fingerprint density at radius 3 is 2.39 bits per heavy atom. The molecule has 0 radical (unpaired) electrons. The van der Waals surface area contributed by atoms with Crippen molar-refractivity contribution in [2.75, 3.05) is 13.1 Å². The molecule has 1 saturated heterocycles. The fourth-order valence-corrected chi connectivity index (χ4v) is 3.41. The molecule has 0 aliphatic carbocycles. The molecular formula is C18H28N3O2+. The van der Waals surface area contributed by atoms with Gasteiger partial charge in [-0.3, -0.25) is 10.1 Å². The number of piperidine rings is 1. The molecule has 2 rings (SSSR count). The van der Waals surface area contributed by atoms with Crippen LogP contribution in [0, 0.1) is 11.8 Å². The van der Waals surface area contributed by atoms with Crippen LogP contribution in [0.15, 0.2) is 30.3 Å². The second kappa shape index (κ2) is 8.11. The summed E-state index contributed by atoms with van der Waals surface area (Å²) in [7, 11) is 0. The molecule has 23 heavy (non-hydrogen) atoms. The lowest BCUT2D eigenvalue weighted by Gasteiger charge is -2.35. The fraction of sp³-hybridized carbons (Fsp3) is 0.556. The molecule has 3 N–H and O–H groups in total.